The second-order valence-corrected chi connectivity index (χ2v) is 4.89. The van der Waals surface area contributed by atoms with Crippen LogP contribution in [0.2, 0.25) is 0 Å². The van der Waals surface area contributed by atoms with Crippen LogP contribution in [0.15, 0.2) is 12.3 Å². The van der Waals surface area contributed by atoms with E-state index in [1.807, 2.05) is 0 Å². The lowest BCUT2D eigenvalue weighted by Gasteiger charge is -2.21. The van der Waals surface area contributed by atoms with Gasteiger partial charge in [0.1, 0.15) is 10.7 Å². The number of hydrogen-bond donors (Lipinski definition) is 1. The molecule has 86 valence electrons. The van der Waals surface area contributed by atoms with E-state index in [0.717, 1.165) is 12.5 Å². The number of nitrogens with two attached hydrogens (primary N) is 1. The van der Waals surface area contributed by atoms with E-state index in [2.05, 4.69) is 28.7 Å². The maximum absolute atomic E-state index is 5.57. The van der Waals surface area contributed by atoms with Crippen LogP contribution in [0.5, 0.6) is 0 Å². The minimum atomic E-state index is 0.323. The van der Waals surface area contributed by atoms with Crippen LogP contribution in [0, 0.1) is 5.92 Å². The summed E-state index contributed by atoms with van der Waals surface area (Å²) in [5, 5.41) is 0. The van der Waals surface area contributed by atoms with Gasteiger partial charge in [0.05, 0.1) is 0 Å². The quantitative estimate of drug-likeness (QED) is 0.785. The zero-order chi connectivity index (χ0) is 11.7. The van der Waals surface area contributed by atoms with E-state index in [4.69, 9.17) is 18.0 Å². The molecule has 1 saturated heterocycles. The Morgan fingerprint density at radius 1 is 1.56 bits per heavy atom. The van der Waals surface area contributed by atoms with Crippen molar-refractivity contribution in [1.29, 1.82) is 0 Å². The third-order valence-electron chi connectivity index (χ3n) is 2.94. The summed E-state index contributed by atoms with van der Waals surface area (Å²) >= 11 is 4.92. The van der Waals surface area contributed by atoms with Crippen LogP contribution >= 0.6 is 12.2 Å². The summed E-state index contributed by atoms with van der Waals surface area (Å²) in [5.74, 6) is 1.43. The van der Waals surface area contributed by atoms with Crippen molar-refractivity contribution < 1.29 is 0 Å². The molecule has 0 spiro atoms. The van der Waals surface area contributed by atoms with Crippen LogP contribution in [-0.2, 0) is 0 Å². The van der Waals surface area contributed by atoms with E-state index in [0.29, 0.717) is 22.6 Å². The van der Waals surface area contributed by atoms with Crippen LogP contribution < -0.4 is 10.6 Å². The Balaban J connectivity index is 2.27. The molecule has 2 heterocycles. The lowest BCUT2D eigenvalue weighted by atomic mass is 10.1. The Hall–Kier alpha value is -1.23. The standard InChI is InChI=1S/C11H16N4S/c1-7-5-8(2)15(6-7)11-13-4-3-9(14-11)10(12)16/h3-4,7-8H,5-6H2,1-2H3,(H2,12,16). The molecule has 1 aromatic heterocycles. The lowest BCUT2D eigenvalue weighted by Crippen LogP contribution is -2.29. The molecule has 0 aliphatic carbocycles. The number of thiocarbonyl (C=S) groups is 1. The molecule has 5 heteroatoms. The number of aromatic nitrogens is 2. The van der Waals surface area contributed by atoms with E-state index in [1.165, 1.54) is 6.42 Å². The average Bonchev–Trinajstić information content (AvgIpc) is 2.58. The third-order valence-corrected chi connectivity index (χ3v) is 3.15. The highest BCUT2D eigenvalue weighted by molar-refractivity contribution is 7.80. The molecule has 0 saturated carbocycles. The molecule has 2 rings (SSSR count). The van der Waals surface area contributed by atoms with Crippen molar-refractivity contribution in [3.8, 4) is 0 Å². The van der Waals surface area contributed by atoms with Gasteiger partial charge in [-0.15, -0.1) is 0 Å². The summed E-state index contributed by atoms with van der Waals surface area (Å²) in [6, 6.07) is 2.23. The fourth-order valence-corrected chi connectivity index (χ4v) is 2.32. The van der Waals surface area contributed by atoms with Crippen LogP contribution in [0.1, 0.15) is 26.0 Å². The Kier molecular flexibility index (Phi) is 3.05. The van der Waals surface area contributed by atoms with Gasteiger partial charge < -0.3 is 10.6 Å². The predicted octanol–water partition coefficient (Wildman–Crippen LogP) is 1.35. The smallest absolute Gasteiger partial charge is 0.226 e. The molecule has 0 radical (unpaired) electrons. The highest BCUT2D eigenvalue weighted by Gasteiger charge is 2.28. The number of rotatable bonds is 2. The fourth-order valence-electron chi connectivity index (χ4n) is 2.20. The molecule has 16 heavy (non-hydrogen) atoms. The fraction of sp³-hybridized carbons (Fsp3) is 0.545. The van der Waals surface area contributed by atoms with Crippen molar-refractivity contribution in [3.05, 3.63) is 18.0 Å². The zero-order valence-electron chi connectivity index (χ0n) is 9.55. The number of anilines is 1. The molecule has 2 N–H and O–H groups in total. The molecule has 2 atom stereocenters. The second-order valence-electron chi connectivity index (χ2n) is 4.45. The molecule has 1 aliphatic heterocycles. The van der Waals surface area contributed by atoms with Crippen molar-refractivity contribution in [2.45, 2.75) is 26.3 Å². The highest BCUT2D eigenvalue weighted by Crippen LogP contribution is 2.25. The Morgan fingerprint density at radius 3 is 2.88 bits per heavy atom. The lowest BCUT2D eigenvalue weighted by molar-refractivity contribution is 0.624. The summed E-state index contributed by atoms with van der Waals surface area (Å²) in [6.45, 7) is 5.44. The SMILES string of the molecule is CC1CC(C)N(c2nccc(C(N)=S)n2)C1. The first kappa shape index (κ1) is 11.3. The third kappa shape index (κ3) is 2.14. The van der Waals surface area contributed by atoms with Crippen molar-refractivity contribution in [1.82, 2.24) is 9.97 Å². The average molecular weight is 236 g/mol. The first-order valence-corrected chi connectivity index (χ1v) is 5.88. The monoisotopic (exact) mass is 236 g/mol. The maximum Gasteiger partial charge on any atom is 0.226 e. The minimum absolute atomic E-state index is 0.323. The first-order chi connectivity index (χ1) is 7.58. The van der Waals surface area contributed by atoms with Crippen molar-refractivity contribution in [3.63, 3.8) is 0 Å². The molecule has 0 bridgehead atoms. The van der Waals surface area contributed by atoms with E-state index < -0.39 is 0 Å². The van der Waals surface area contributed by atoms with Gasteiger partial charge in [0.2, 0.25) is 5.95 Å². The van der Waals surface area contributed by atoms with Gasteiger partial charge in [-0.05, 0) is 25.3 Å². The van der Waals surface area contributed by atoms with Gasteiger partial charge in [-0.3, -0.25) is 0 Å². The maximum atomic E-state index is 5.57. The van der Waals surface area contributed by atoms with E-state index in [-0.39, 0.29) is 0 Å². The molecular formula is C11H16N4S. The molecule has 0 aromatic carbocycles. The van der Waals surface area contributed by atoms with Gasteiger partial charge in [-0.25, -0.2) is 9.97 Å². The van der Waals surface area contributed by atoms with Crippen LogP contribution in [0.3, 0.4) is 0 Å². The van der Waals surface area contributed by atoms with Gasteiger partial charge in [0, 0.05) is 18.8 Å². The van der Waals surface area contributed by atoms with E-state index in [9.17, 15) is 0 Å². The molecule has 4 nitrogen and oxygen atoms in total. The molecule has 1 fully saturated rings. The zero-order valence-corrected chi connectivity index (χ0v) is 10.4. The first-order valence-electron chi connectivity index (χ1n) is 5.47. The summed E-state index contributed by atoms with van der Waals surface area (Å²) < 4.78 is 0. The normalized spacial score (nSPS) is 24.8. The predicted molar refractivity (Wildman–Crippen MR) is 68.5 cm³/mol. The van der Waals surface area contributed by atoms with Crippen LogP contribution in [0.4, 0.5) is 5.95 Å². The van der Waals surface area contributed by atoms with Crippen molar-refractivity contribution >= 4 is 23.2 Å². The second kappa shape index (κ2) is 4.33. The molecule has 2 unspecified atom stereocenters. The Morgan fingerprint density at radius 2 is 2.31 bits per heavy atom. The van der Waals surface area contributed by atoms with Crippen LogP contribution in [-0.4, -0.2) is 27.5 Å². The topological polar surface area (TPSA) is 55.0 Å². The summed E-state index contributed by atoms with van der Waals surface area (Å²) in [6.07, 6.45) is 2.90. The van der Waals surface area contributed by atoms with Gasteiger partial charge in [-0.1, -0.05) is 19.1 Å². The molecular weight excluding hydrogens is 220 g/mol. The van der Waals surface area contributed by atoms with E-state index >= 15 is 0 Å². The van der Waals surface area contributed by atoms with Crippen molar-refractivity contribution in [2.24, 2.45) is 11.7 Å². The van der Waals surface area contributed by atoms with Gasteiger partial charge in [-0.2, -0.15) is 0 Å². The summed E-state index contributed by atoms with van der Waals surface area (Å²) in [4.78, 5) is 11.2. The Labute approximate surface area is 101 Å². The molecule has 1 aliphatic rings. The number of hydrogen-bond acceptors (Lipinski definition) is 4. The van der Waals surface area contributed by atoms with Crippen LogP contribution in [0.25, 0.3) is 0 Å². The number of nitrogens with zero attached hydrogens (tertiary/aromatic N) is 3. The van der Waals surface area contributed by atoms with E-state index in [1.54, 1.807) is 12.3 Å². The molecule has 0 amide bonds. The van der Waals surface area contributed by atoms with Crippen molar-refractivity contribution in [2.75, 3.05) is 11.4 Å². The highest BCUT2D eigenvalue weighted by atomic mass is 32.1. The molecule has 1 aromatic rings. The minimum Gasteiger partial charge on any atom is -0.388 e. The largest absolute Gasteiger partial charge is 0.388 e. The van der Waals surface area contributed by atoms with Gasteiger partial charge in [0.25, 0.3) is 0 Å². The van der Waals surface area contributed by atoms with Gasteiger partial charge in [0.15, 0.2) is 0 Å². The Bertz CT molecular complexity index is 407. The van der Waals surface area contributed by atoms with Gasteiger partial charge >= 0.3 is 0 Å². The summed E-state index contributed by atoms with van der Waals surface area (Å²) in [7, 11) is 0. The summed E-state index contributed by atoms with van der Waals surface area (Å²) in [5.41, 5.74) is 6.21.